The summed E-state index contributed by atoms with van der Waals surface area (Å²) in [5.41, 5.74) is 12.2. The molecule has 5 aromatic carbocycles. The van der Waals surface area contributed by atoms with Crippen LogP contribution in [0.1, 0.15) is 45.9 Å². The minimum atomic E-state index is 0.972. The summed E-state index contributed by atoms with van der Waals surface area (Å²) in [6.07, 6.45) is 13.8. The van der Waals surface area contributed by atoms with Crippen molar-refractivity contribution < 1.29 is 0 Å². The third kappa shape index (κ3) is 7.21. The van der Waals surface area contributed by atoms with E-state index in [9.17, 15) is 0 Å². The van der Waals surface area contributed by atoms with Crippen molar-refractivity contribution in [2.75, 3.05) is 4.90 Å². The highest BCUT2D eigenvalue weighted by Gasteiger charge is 2.17. The van der Waals surface area contributed by atoms with Gasteiger partial charge in [-0.1, -0.05) is 146 Å². The fraction of sp³-hybridized carbons (Fsp3) is 0.100. The molecule has 0 amide bonds. The van der Waals surface area contributed by atoms with Crippen molar-refractivity contribution in [3.8, 4) is 0 Å². The molecule has 0 bridgehead atoms. The minimum Gasteiger partial charge on any atom is -0.310 e. The maximum absolute atomic E-state index is 2.39. The Morgan fingerprint density at radius 3 is 1.51 bits per heavy atom. The molecule has 5 aromatic rings. The number of benzene rings is 5. The monoisotopic (exact) mass is 531 g/mol. The molecule has 0 unspecified atom stereocenters. The smallest absolute Gasteiger partial charge is 0.0522 e. The van der Waals surface area contributed by atoms with Crippen molar-refractivity contribution in [3.05, 3.63) is 172 Å². The largest absolute Gasteiger partial charge is 0.310 e. The van der Waals surface area contributed by atoms with E-state index in [-0.39, 0.29) is 0 Å². The molecule has 0 heterocycles. The lowest BCUT2D eigenvalue weighted by molar-refractivity contribution is 1.10. The van der Waals surface area contributed by atoms with Gasteiger partial charge in [-0.3, -0.25) is 0 Å². The maximum Gasteiger partial charge on any atom is 0.0522 e. The highest BCUT2D eigenvalue weighted by Crippen LogP contribution is 2.39. The second kappa shape index (κ2) is 13.5. The van der Waals surface area contributed by atoms with Crippen molar-refractivity contribution in [3.63, 3.8) is 0 Å². The van der Waals surface area contributed by atoms with Gasteiger partial charge in [0.2, 0.25) is 0 Å². The van der Waals surface area contributed by atoms with Gasteiger partial charge in [0, 0.05) is 11.4 Å². The molecule has 0 atom stereocenters. The quantitative estimate of drug-likeness (QED) is 0.135. The fourth-order valence-electron chi connectivity index (χ4n) is 4.97. The molecule has 0 aromatic heterocycles. The van der Waals surface area contributed by atoms with E-state index in [2.05, 4.69) is 177 Å². The van der Waals surface area contributed by atoms with Crippen molar-refractivity contribution in [2.24, 2.45) is 0 Å². The van der Waals surface area contributed by atoms with Gasteiger partial charge in [0.05, 0.1) is 5.69 Å². The van der Waals surface area contributed by atoms with Gasteiger partial charge in [0.25, 0.3) is 0 Å². The lowest BCUT2D eigenvalue weighted by Gasteiger charge is -2.29. The first kappa shape index (κ1) is 27.7. The molecule has 41 heavy (non-hydrogen) atoms. The van der Waals surface area contributed by atoms with Crippen LogP contribution in [0.3, 0.4) is 0 Å². The Hall–Kier alpha value is -4.88. The zero-order chi connectivity index (χ0) is 28.4. The second-order valence-electron chi connectivity index (χ2n) is 10.3. The predicted octanol–water partition coefficient (Wildman–Crippen LogP) is 11.2. The molecule has 0 saturated carbocycles. The van der Waals surface area contributed by atoms with E-state index in [1.54, 1.807) is 0 Å². The van der Waals surface area contributed by atoms with Crippen LogP contribution < -0.4 is 4.90 Å². The number of nitrogens with zero attached hydrogens (tertiary/aromatic N) is 1. The number of rotatable bonds is 9. The molecule has 1 nitrogen and oxygen atoms in total. The Kier molecular flexibility index (Phi) is 9.08. The third-order valence-electron chi connectivity index (χ3n) is 7.26. The number of hydrogen-bond donors (Lipinski definition) is 0. The van der Waals surface area contributed by atoms with Gasteiger partial charge in [-0.2, -0.15) is 0 Å². The van der Waals surface area contributed by atoms with E-state index in [0.29, 0.717) is 0 Å². The first-order chi connectivity index (χ1) is 20.1. The fourth-order valence-corrected chi connectivity index (χ4v) is 4.97. The molecule has 1 heteroatoms. The summed E-state index contributed by atoms with van der Waals surface area (Å²) in [5.74, 6) is 0. The summed E-state index contributed by atoms with van der Waals surface area (Å²) in [5, 5.41) is 0. The number of para-hydroxylation sites is 1. The molecule has 202 valence electrons. The van der Waals surface area contributed by atoms with Crippen LogP contribution in [0.15, 0.2) is 133 Å². The van der Waals surface area contributed by atoms with Crippen LogP contribution >= 0.6 is 0 Å². The molecule has 0 aliphatic carbocycles. The molecule has 0 spiro atoms. The van der Waals surface area contributed by atoms with E-state index >= 15 is 0 Å². The highest BCUT2D eigenvalue weighted by atomic mass is 15.1. The molecule has 0 N–H and O–H groups in total. The third-order valence-corrected chi connectivity index (χ3v) is 7.26. The topological polar surface area (TPSA) is 3.24 Å². The number of allylic oxidation sites excluding steroid dienone is 2. The van der Waals surface area contributed by atoms with E-state index in [1.165, 1.54) is 44.6 Å². The average molecular weight is 532 g/mol. The summed E-state index contributed by atoms with van der Waals surface area (Å²) in [6, 6.07) is 43.3. The molecule has 0 aliphatic rings. The van der Waals surface area contributed by atoms with Crippen LogP contribution in [0.25, 0.3) is 24.3 Å². The Bertz CT molecular complexity index is 1640. The van der Waals surface area contributed by atoms with Crippen molar-refractivity contribution in [2.45, 2.75) is 27.2 Å². The van der Waals surface area contributed by atoms with Crippen molar-refractivity contribution in [1.82, 2.24) is 0 Å². The zero-order valence-corrected chi connectivity index (χ0v) is 24.2. The molecular weight excluding hydrogens is 494 g/mol. The van der Waals surface area contributed by atoms with Gasteiger partial charge in [0.1, 0.15) is 0 Å². The maximum atomic E-state index is 2.39. The molecule has 0 saturated heterocycles. The van der Waals surface area contributed by atoms with Crippen LogP contribution in [0.4, 0.5) is 17.1 Å². The summed E-state index contributed by atoms with van der Waals surface area (Å²) in [6.45, 7) is 6.55. The summed E-state index contributed by atoms with van der Waals surface area (Å²) < 4.78 is 0. The summed E-state index contributed by atoms with van der Waals surface area (Å²) in [7, 11) is 0. The molecule has 0 aliphatic heterocycles. The van der Waals surface area contributed by atoms with Crippen LogP contribution in [-0.4, -0.2) is 0 Å². The first-order valence-electron chi connectivity index (χ1n) is 14.3. The normalized spacial score (nSPS) is 11.6. The predicted molar refractivity (Wildman–Crippen MR) is 180 cm³/mol. The first-order valence-corrected chi connectivity index (χ1v) is 14.3. The average Bonchev–Trinajstić information content (AvgIpc) is 3.02. The second-order valence-corrected chi connectivity index (χ2v) is 10.3. The number of aryl methyl sites for hydroxylation is 3. The van der Waals surface area contributed by atoms with Crippen molar-refractivity contribution >= 4 is 41.4 Å². The van der Waals surface area contributed by atoms with E-state index in [4.69, 9.17) is 0 Å². The van der Waals surface area contributed by atoms with Crippen LogP contribution in [0.5, 0.6) is 0 Å². The zero-order valence-electron chi connectivity index (χ0n) is 24.2. The molecule has 5 rings (SSSR count). The van der Waals surface area contributed by atoms with Crippen LogP contribution in [-0.2, 0) is 6.42 Å². The Morgan fingerprint density at radius 1 is 0.488 bits per heavy atom. The van der Waals surface area contributed by atoms with E-state index in [1.807, 2.05) is 6.07 Å². The van der Waals surface area contributed by atoms with Gasteiger partial charge in [-0.05, 0) is 77.9 Å². The summed E-state index contributed by atoms with van der Waals surface area (Å²) >= 11 is 0. The van der Waals surface area contributed by atoms with Crippen LogP contribution in [0, 0.1) is 13.8 Å². The van der Waals surface area contributed by atoms with Gasteiger partial charge in [0.15, 0.2) is 0 Å². The van der Waals surface area contributed by atoms with Gasteiger partial charge in [-0.15, -0.1) is 0 Å². The van der Waals surface area contributed by atoms with Crippen molar-refractivity contribution in [1.29, 1.82) is 0 Å². The lowest BCUT2D eigenvalue weighted by atomic mass is 10.0. The number of hydrogen-bond acceptors (Lipinski definition) is 1. The van der Waals surface area contributed by atoms with E-state index in [0.717, 1.165) is 17.8 Å². The van der Waals surface area contributed by atoms with E-state index < -0.39 is 0 Å². The van der Waals surface area contributed by atoms with Gasteiger partial charge < -0.3 is 4.90 Å². The Labute approximate surface area is 245 Å². The Balaban J connectivity index is 1.43. The Morgan fingerprint density at radius 2 is 0.976 bits per heavy atom. The van der Waals surface area contributed by atoms with Gasteiger partial charge in [-0.25, -0.2) is 0 Å². The highest BCUT2D eigenvalue weighted by molar-refractivity contribution is 5.82. The van der Waals surface area contributed by atoms with Gasteiger partial charge >= 0.3 is 0 Å². The number of anilines is 3. The SMILES string of the molecule is CCc1cccc(C)c1N(c1ccc(C=CC=Cc2ccccc2)cc1)c1ccc(C=Cc2ccc(C)cc2)cc1. The molecule has 0 radical (unpaired) electrons. The van der Waals surface area contributed by atoms with Crippen LogP contribution in [0.2, 0.25) is 0 Å². The molecular formula is C40H37N. The molecule has 0 fully saturated rings. The summed E-state index contributed by atoms with van der Waals surface area (Å²) in [4.78, 5) is 2.39. The minimum absolute atomic E-state index is 0.972. The standard InChI is InChI=1S/C40H37N/c1-4-37-16-10-11-32(3)40(37)41(39-29-25-36(26-30-39)22-21-35-19-17-31(2)18-20-35)38-27-23-34(24-28-38)15-9-8-14-33-12-6-5-7-13-33/h5-30H,4H2,1-3H3. The lowest BCUT2D eigenvalue weighted by Crippen LogP contribution is -2.13.